The van der Waals surface area contributed by atoms with Gasteiger partial charge in [0, 0.05) is 29.9 Å². The van der Waals surface area contributed by atoms with Crippen LogP contribution < -0.4 is 4.90 Å². The Bertz CT molecular complexity index is 1140. The van der Waals surface area contributed by atoms with Crippen LogP contribution in [0, 0.1) is 0 Å². The third kappa shape index (κ3) is 5.18. The average molecular weight is 466 g/mol. The zero-order chi connectivity index (χ0) is 21.9. The van der Waals surface area contributed by atoms with Gasteiger partial charge in [-0.05, 0) is 55.6 Å². The van der Waals surface area contributed by atoms with Gasteiger partial charge in [-0.3, -0.25) is 9.69 Å². The highest BCUT2D eigenvalue weighted by Gasteiger charge is 2.22. The predicted octanol–water partition coefficient (Wildman–Crippen LogP) is 4.34. The molecule has 30 heavy (non-hydrogen) atoms. The number of fused-ring (bicyclic) bond motifs is 1. The highest BCUT2D eigenvalue weighted by atomic mass is 35.5. The number of hydrogen-bond donors (Lipinski definition) is 0. The molecule has 1 amide bonds. The second-order valence-corrected chi connectivity index (χ2v) is 10.3. The van der Waals surface area contributed by atoms with Crippen LogP contribution in [0.15, 0.2) is 47.4 Å². The monoisotopic (exact) mass is 465 g/mol. The van der Waals surface area contributed by atoms with Crippen molar-refractivity contribution in [2.24, 2.45) is 0 Å². The van der Waals surface area contributed by atoms with Crippen LogP contribution in [0.4, 0.5) is 5.13 Å². The van der Waals surface area contributed by atoms with Gasteiger partial charge in [0.15, 0.2) is 15.0 Å². The van der Waals surface area contributed by atoms with E-state index in [-0.39, 0.29) is 10.8 Å². The molecule has 0 saturated heterocycles. The number of nitrogens with zero attached hydrogens (tertiary/aromatic N) is 3. The number of benzene rings is 2. The summed E-state index contributed by atoms with van der Waals surface area (Å²) in [5, 5.41) is 1.21. The van der Waals surface area contributed by atoms with Crippen LogP contribution in [-0.4, -0.2) is 56.6 Å². The first-order chi connectivity index (χ1) is 14.2. The van der Waals surface area contributed by atoms with E-state index in [1.165, 1.54) is 23.5 Å². The van der Waals surface area contributed by atoms with E-state index in [0.29, 0.717) is 28.8 Å². The maximum atomic E-state index is 13.3. The third-order valence-corrected chi connectivity index (χ3v) is 7.28. The molecule has 0 radical (unpaired) electrons. The first kappa shape index (κ1) is 22.7. The van der Waals surface area contributed by atoms with E-state index < -0.39 is 9.84 Å². The Morgan fingerprint density at radius 3 is 2.33 bits per heavy atom. The van der Waals surface area contributed by atoms with Crippen molar-refractivity contribution in [3.8, 4) is 0 Å². The van der Waals surface area contributed by atoms with Crippen molar-refractivity contribution >= 4 is 54.0 Å². The van der Waals surface area contributed by atoms with Crippen LogP contribution >= 0.6 is 22.9 Å². The molecular weight excluding hydrogens is 442 g/mol. The largest absolute Gasteiger partial charge is 0.302 e. The molecule has 3 rings (SSSR count). The van der Waals surface area contributed by atoms with Crippen molar-refractivity contribution < 1.29 is 13.2 Å². The van der Waals surface area contributed by atoms with Gasteiger partial charge in [-0.1, -0.05) is 36.8 Å². The molecule has 0 saturated carbocycles. The van der Waals surface area contributed by atoms with Crippen LogP contribution in [0.25, 0.3) is 10.2 Å². The van der Waals surface area contributed by atoms with Crippen molar-refractivity contribution in [3.05, 3.63) is 53.1 Å². The van der Waals surface area contributed by atoms with Gasteiger partial charge in [0.25, 0.3) is 5.91 Å². The van der Waals surface area contributed by atoms with E-state index in [9.17, 15) is 13.2 Å². The quantitative estimate of drug-likeness (QED) is 0.494. The molecule has 0 aliphatic rings. The third-order valence-electron chi connectivity index (χ3n) is 4.88. The lowest BCUT2D eigenvalue weighted by Gasteiger charge is -2.24. The number of sulfone groups is 1. The van der Waals surface area contributed by atoms with Crippen molar-refractivity contribution in [2.75, 3.05) is 37.3 Å². The molecule has 0 unspecified atom stereocenters. The van der Waals surface area contributed by atoms with E-state index in [1.54, 1.807) is 23.1 Å². The number of anilines is 1. The number of carbonyl (C=O) groups excluding carboxylic acids is 1. The maximum Gasteiger partial charge on any atom is 0.260 e. The first-order valence-corrected chi connectivity index (χ1v) is 12.7. The lowest BCUT2D eigenvalue weighted by Crippen LogP contribution is -2.38. The Morgan fingerprint density at radius 1 is 1.07 bits per heavy atom. The van der Waals surface area contributed by atoms with Crippen molar-refractivity contribution in [3.63, 3.8) is 0 Å². The molecule has 0 fully saturated rings. The fourth-order valence-electron chi connectivity index (χ4n) is 3.07. The summed E-state index contributed by atoms with van der Waals surface area (Å²) in [6.07, 6.45) is 1.15. The minimum atomic E-state index is -3.32. The summed E-state index contributed by atoms with van der Waals surface area (Å²) in [4.78, 5) is 22.1. The average Bonchev–Trinajstić information content (AvgIpc) is 3.13. The van der Waals surface area contributed by atoms with Crippen LogP contribution in [0.1, 0.15) is 24.2 Å². The number of halogens is 1. The summed E-state index contributed by atoms with van der Waals surface area (Å²) in [5.41, 5.74) is 1.20. The predicted molar refractivity (Wildman–Crippen MR) is 124 cm³/mol. The van der Waals surface area contributed by atoms with Crippen LogP contribution in [0.2, 0.25) is 5.02 Å². The number of amides is 1. The molecule has 0 aliphatic heterocycles. The number of carbonyl (C=O) groups is 1. The highest BCUT2D eigenvalue weighted by molar-refractivity contribution is 7.90. The normalized spacial score (nSPS) is 11.9. The Balaban J connectivity index is 1.96. The van der Waals surface area contributed by atoms with Gasteiger partial charge in [0.05, 0.1) is 15.1 Å². The van der Waals surface area contributed by atoms with Gasteiger partial charge >= 0.3 is 0 Å². The summed E-state index contributed by atoms with van der Waals surface area (Å²) in [6, 6.07) is 11.5. The minimum Gasteiger partial charge on any atom is -0.302 e. The molecule has 9 heteroatoms. The van der Waals surface area contributed by atoms with Gasteiger partial charge in [-0.25, -0.2) is 13.4 Å². The zero-order valence-electron chi connectivity index (χ0n) is 17.1. The van der Waals surface area contributed by atoms with E-state index in [4.69, 9.17) is 11.6 Å². The highest BCUT2D eigenvalue weighted by Crippen LogP contribution is 2.31. The Labute approximate surface area is 186 Å². The zero-order valence-corrected chi connectivity index (χ0v) is 19.5. The fourth-order valence-corrected chi connectivity index (χ4v) is 4.96. The van der Waals surface area contributed by atoms with Gasteiger partial charge in [0.2, 0.25) is 0 Å². The molecule has 1 aromatic heterocycles. The second kappa shape index (κ2) is 9.43. The fraction of sp³-hybridized carbons (Fsp3) is 0.333. The SMILES string of the molecule is CCN(CC)CCN(C(=O)c1ccc(S(C)(=O)=O)cc1)c1nc2ccc(Cl)cc2s1. The molecule has 160 valence electrons. The summed E-state index contributed by atoms with van der Waals surface area (Å²) >= 11 is 7.51. The molecule has 2 aromatic carbocycles. The van der Waals surface area contributed by atoms with Crippen LogP contribution in [0.3, 0.4) is 0 Å². The number of rotatable bonds is 8. The molecular formula is C21H24ClN3O3S2. The van der Waals surface area contributed by atoms with Crippen molar-refractivity contribution in [2.45, 2.75) is 18.7 Å². The Kier molecular flexibility index (Phi) is 7.13. The summed E-state index contributed by atoms with van der Waals surface area (Å²) < 4.78 is 24.3. The van der Waals surface area contributed by atoms with Gasteiger partial charge in [-0.2, -0.15) is 0 Å². The first-order valence-electron chi connectivity index (χ1n) is 9.63. The van der Waals surface area contributed by atoms with E-state index >= 15 is 0 Å². The topological polar surface area (TPSA) is 70.6 Å². The molecule has 0 spiro atoms. The molecule has 3 aromatic rings. The molecule has 1 heterocycles. The summed E-state index contributed by atoms with van der Waals surface area (Å²) in [5.74, 6) is -0.215. The lowest BCUT2D eigenvalue weighted by molar-refractivity contribution is 0.0983. The number of likely N-dealkylation sites (N-methyl/N-ethyl adjacent to an activating group) is 1. The van der Waals surface area contributed by atoms with Gasteiger partial charge in [0.1, 0.15) is 0 Å². The lowest BCUT2D eigenvalue weighted by atomic mass is 10.2. The van der Waals surface area contributed by atoms with Gasteiger partial charge < -0.3 is 4.90 Å². The van der Waals surface area contributed by atoms with E-state index in [1.807, 2.05) is 12.1 Å². The Hall–Kier alpha value is -2.00. The van der Waals surface area contributed by atoms with E-state index in [2.05, 4.69) is 23.7 Å². The second-order valence-electron chi connectivity index (χ2n) is 6.89. The number of aromatic nitrogens is 1. The molecule has 0 atom stereocenters. The van der Waals surface area contributed by atoms with Crippen LogP contribution in [-0.2, 0) is 9.84 Å². The Morgan fingerprint density at radius 2 is 1.73 bits per heavy atom. The summed E-state index contributed by atoms with van der Waals surface area (Å²) in [7, 11) is -3.32. The number of hydrogen-bond acceptors (Lipinski definition) is 6. The summed E-state index contributed by atoms with van der Waals surface area (Å²) in [6.45, 7) is 7.12. The molecule has 0 aliphatic carbocycles. The van der Waals surface area contributed by atoms with Crippen LogP contribution in [0.5, 0.6) is 0 Å². The smallest absolute Gasteiger partial charge is 0.260 e. The molecule has 0 bridgehead atoms. The van der Waals surface area contributed by atoms with Gasteiger partial charge in [-0.15, -0.1) is 0 Å². The maximum absolute atomic E-state index is 13.3. The van der Waals surface area contributed by atoms with Crippen molar-refractivity contribution in [1.82, 2.24) is 9.88 Å². The molecule has 6 nitrogen and oxygen atoms in total. The molecule has 0 N–H and O–H groups in total. The van der Waals surface area contributed by atoms with E-state index in [0.717, 1.165) is 29.6 Å². The van der Waals surface area contributed by atoms with Crippen molar-refractivity contribution in [1.29, 1.82) is 0 Å². The standard InChI is InChI=1S/C21H24ClN3O3S2/c1-4-24(5-2)12-13-25(21-23-18-11-8-16(22)14-19(18)29-21)20(26)15-6-9-17(10-7-15)30(3,27)28/h6-11,14H,4-5,12-13H2,1-3H3. The number of thiazole rings is 1. The minimum absolute atomic E-state index is 0.184.